The van der Waals surface area contributed by atoms with E-state index in [9.17, 15) is 9.59 Å². The van der Waals surface area contributed by atoms with Gasteiger partial charge in [-0.15, -0.1) is 0 Å². The monoisotopic (exact) mass is 231 g/mol. The van der Waals surface area contributed by atoms with Crippen molar-refractivity contribution >= 4 is 5.91 Å². The fraction of sp³-hybridized carbons (Fsp3) is 0.167. The summed E-state index contributed by atoms with van der Waals surface area (Å²) in [5, 5.41) is 2.67. The van der Waals surface area contributed by atoms with E-state index in [1.54, 1.807) is 12.1 Å². The molecule has 0 atom stereocenters. The second-order valence-corrected chi connectivity index (χ2v) is 3.83. The number of rotatable bonds is 2. The van der Waals surface area contributed by atoms with Crippen LogP contribution in [-0.4, -0.2) is 15.7 Å². The van der Waals surface area contributed by atoms with Crippen LogP contribution in [0.15, 0.2) is 35.1 Å². The number of nitrogens with one attached hydrogen (secondary N) is 1. The summed E-state index contributed by atoms with van der Waals surface area (Å²) in [5.74, 6) is -0.380. The largest absolute Gasteiger partial charge is 0.325 e. The fourth-order valence-corrected chi connectivity index (χ4v) is 1.53. The molecule has 1 heterocycles. The van der Waals surface area contributed by atoms with Gasteiger partial charge in [0.1, 0.15) is 0 Å². The molecule has 0 saturated carbocycles. The zero-order valence-electron chi connectivity index (χ0n) is 9.43. The second-order valence-electron chi connectivity index (χ2n) is 3.83. The summed E-state index contributed by atoms with van der Waals surface area (Å²) >= 11 is 0. The van der Waals surface area contributed by atoms with Gasteiger partial charge in [0.15, 0.2) is 0 Å². The Kier molecular flexibility index (Phi) is 2.93. The van der Waals surface area contributed by atoms with E-state index >= 15 is 0 Å². The van der Waals surface area contributed by atoms with Crippen LogP contribution in [-0.2, 0) is 6.54 Å². The maximum absolute atomic E-state index is 12.0. The molecule has 0 spiro atoms. The average Bonchev–Trinajstić information content (AvgIpc) is 2.71. The fourth-order valence-electron chi connectivity index (χ4n) is 1.53. The van der Waals surface area contributed by atoms with E-state index in [-0.39, 0.29) is 12.5 Å². The number of aryl methyl sites for hydroxylation is 1. The van der Waals surface area contributed by atoms with Gasteiger partial charge in [0.2, 0.25) is 0 Å². The van der Waals surface area contributed by atoms with Crippen LogP contribution in [0.4, 0.5) is 0 Å². The second kappa shape index (κ2) is 4.39. The predicted molar refractivity (Wildman–Crippen MR) is 63.9 cm³/mol. The molecule has 88 valence electrons. The minimum absolute atomic E-state index is 0.198. The van der Waals surface area contributed by atoms with Gasteiger partial charge >= 0.3 is 0 Å². The van der Waals surface area contributed by atoms with Gasteiger partial charge in [0.05, 0.1) is 5.69 Å². The lowest BCUT2D eigenvalue weighted by molar-refractivity contribution is 0.0941. The van der Waals surface area contributed by atoms with Crippen LogP contribution in [0.25, 0.3) is 0 Å². The summed E-state index contributed by atoms with van der Waals surface area (Å²) in [6.07, 6.45) is 0. The lowest BCUT2D eigenvalue weighted by Crippen LogP contribution is -2.24. The third-order valence-corrected chi connectivity index (χ3v) is 2.50. The van der Waals surface area contributed by atoms with Gasteiger partial charge in [-0.3, -0.25) is 14.7 Å². The summed E-state index contributed by atoms with van der Waals surface area (Å²) in [5.41, 5.74) is 7.06. The van der Waals surface area contributed by atoms with Crippen LogP contribution in [0.2, 0.25) is 0 Å². The molecule has 0 radical (unpaired) electrons. The number of aromatic amines is 1. The Labute approximate surface area is 97.9 Å². The summed E-state index contributed by atoms with van der Waals surface area (Å²) in [6, 6.07) is 8.35. The highest BCUT2D eigenvalue weighted by Gasteiger charge is 2.12. The van der Waals surface area contributed by atoms with Gasteiger partial charge in [-0.1, -0.05) is 17.7 Å². The molecule has 0 aliphatic heterocycles. The highest BCUT2D eigenvalue weighted by Crippen LogP contribution is 2.04. The van der Waals surface area contributed by atoms with Crippen LogP contribution >= 0.6 is 0 Å². The zero-order valence-corrected chi connectivity index (χ0v) is 9.43. The predicted octanol–water partition coefficient (Wildman–Crippen LogP) is 0.632. The minimum Gasteiger partial charge on any atom is -0.325 e. The molecule has 0 saturated heterocycles. The normalized spacial score (nSPS) is 10.5. The first-order valence-corrected chi connectivity index (χ1v) is 5.24. The van der Waals surface area contributed by atoms with Gasteiger partial charge in [0.25, 0.3) is 11.5 Å². The van der Waals surface area contributed by atoms with Crippen LogP contribution in [0, 0.1) is 6.92 Å². The maximum atomic E-state index is 12.0. The van der Waals surface area contributed by atoms with Gasteiger partial charge in [-0.05, 0) is 19.1 Å². The maximum Gasteiger partial charge on any atom is 0.279 e. The van der Waals surface area contributed by atoms with Crippen LogP contribution in [0.1, 0.15) is 21.6 Å². The molecule has 0 amide bonds. The third-order valence-electron chi connectivity index (χ3n) is 2.50. The topological polar surface area (TPSA) is 80.9 Å². The van der Waals surface area contributed by atoms with Gasteiger partial charge in [-0.2, -0.15) is 4.68 Å². The molecule has 2 rings (SSSR count). The first-order chi connectivity index (χ1) is 8.11. The van der Waals surface area contributed by atoms with E-state index in [2.05, 4.69) is 5.10 Å². The molecular weight excluding hydrogens is 218 g/mol. The van der Waals surface area contributed by atoms with Crippen molar-refractivity contribution in [3.8, 4) is 0 Å². The molecular formula is C12H13N3O2. The summed E-state index contributed by atoms with van der Waals surface area (Å²) in [6.45, 7) is 2.13. The van der Waals surface area contributed by atoms with Crippen molar-refractivity contribution in [3.63, 3.8) is 0 Å². The third kappa shape index (κ3) is 2.19. The van der Waals surface area contributed by atoms with E-state index in [1.165, 1.54) is 6.07 Å². The van der Waals surface area contributed by atoms with Crippen LogP contribution in [0.3, 0.4) is 0 Å². The smallest absolute Gasteiger partial charge is 0.279 e. The van der Waals surface area contributed by atoms with Crippen molar-refractivity contribution in [2.24, 2.45) is 5.73 Å². The molecule has 3 N–H and O–H groups in total. The number of hydrogen-bond acceptors (Lipinski definition) is 3. The van der Waals surface area contributed by atoms with Gasteiger partial charge < -0.3 is 5.73 Å². The zero-order chi connectivity index (χ0) is 12.4. The first-order valence-electron chi connectivity index (χ1n) is 5.24. The van der Waals surface area contributed by atoms with Crippen LogP contribution in [0.5, 0.6) is 0 Å². The molecule has 2 aromatic rings. The molecule has 0 aliphatic rings. The van der Waals surface area contributed by atoms with Crippen LogP contribution < -0.4 is 11.3 Å². The summed E-state index contributed by atoms with van der Waals surface area (Å²) < 4.78 is 0.965. The number of nitrogens with two attached hydrogens (primary N) is 1. The Morgan fingerprint density at radius 2 is 2.00 bits per heavy atom. The highest BCUT2D eigenvalue weighted by atomic mass is 16.2. The number of H-pyrrole nitrogens is 1. The molecule has 5 nitrogen and oxygen atoms in total. The molecule has 0 bridgehead atoms. The molecule has 5 heteroatoms. The lowest BCUT2D eigenvalue weighted by Gasteiger charge is -2.01. The molecule has 0 fully saturated rings. The number of benzene rings is 1. The Morgan fingerprint density at radius 3 is 2.53 bits per heavy atom. The standard InChI is InChI=1S/C12H13N3O2/c1-8-2-4-9(5-3-8)12(17)15-11(16)6-10(7-13)14-15/h2-6,14H,7,13H2,1H3. The molecule has 0 unspecified atom stereocenters. The SMILES string of the molecule is Cc1ccc(C(=O)n2[nH]c(CN)cc2=O)cc1. The number of aromatic nitrogens is 2. The van der Waals surface area contributed by atoms with Crippen molar-refractivity contribution in [3.05, 3.63) is 57.5 Å². The quantitative estimate of drug-likeness (QED) is 0.795. The average molecular weight is 231 g/mol. The van der Waals surface area contributed by atoms with E-state index < -0.39 is 5.56 Å². The van der Waals surface area contributed by atoms with E-state index in [0.717, 1.165) is 10.2 Å². The Morgan fingerprint density at radius 1 is 1.35 bits per heavy atom. The van der Waals surface area contributed by atoms with Gasteiger partial charge in [-0.25, -0.2) is 0 Å². The molecule has 17 heavy (non-hydrogen) atoms. The minimum atomic E-state index is -0.393. The Balaban J connectivity index is 2.40. The van der Waals surface area contributed by atoms with Crippen molar-refractivity contribution in [2.45, 2.75) is 13.5 Å². The number of carbonyl (C=O) groups is 1. The molecule has 0 aliphatic carbocycles. The number of carbonyl (C=O) groups excluding carboxylic acids is 1. The number of nitrogens with zero attached hydrogens (tertiary/aromatic N) is 1. The lowest BCUT2D eigenvalue weighted by atomic mass is 10.1. The molecule has 1 aromatic heterocycles. The van der Waals surface area contributed by atoms with Crippen molar-refractivity contribution < 1.29 is 4.79 Å². The first kappa shape index (κ1) is 11.3. The van der Waals surface area contributed by atoms with E-state index in [0.29, 0.717) is 11.3 Å². The summed E-state index contributed by atoms with van der Waals surface area (Å²) in [4.78, 5) is 23.5. The molecule has 1 aromatic carbocycles. The number of hydrogen-bond donors (Lipinski definition) is 2. The van der Waals surface area contributed by atoms with Crippen molar-refractivity contribution in [1.29, 1.82) is 0 Å². The van der Waals surface area contributed by atoms with E-state index in [4.69, 9.17) is 5.73 Å². The van der Waals surface area contributed by atoms with E-state index in [1.807, 2.05) is 19.1 Å². The van der Waals surface area contributed by atoms with Crippen molar-refractivity contribution in [2.75, 3.05) is 0 Å². The van der Waals surface area contributed by atoms with Crippen molar-refractivity contribution in [1.82, 2.24) is 9.78 Å². The Hall–Kier alpha value is -2.14. The Bertz CT molecular complexity index is 593. The summed E-state index contributed by atoms with van der Waals surface area (Å²) in [7, 11) is 0. The highest BCUT2D eigenvalue weighted by molar-refractivity contribution is 5.95. The van der Waals surface area contributed by atoms with Gasteiger partial charge in [0, 0.05) is 18.2 Å².